The molecule has 0 spiro atoms. The molecule has 10 heteroatoms. The van der Waals surface area contributed by atoms with Gasteiger partial charge >= 0.3 is 5.76 Å². The molecular formula is C19H21N3O5S2. The van der Waals surface area contributed by atoms with Gasteiger partial charge in [0.2, 0.25) is 10.0 Å². The molecule has 0 radical (unpaired) electrons. The first kappa shape index (κ1) is 19.9. The minimum Gasteiger partial charge on any atom is -0.408 e. The molecule has 8 nitrogen and oxygen atoms in total. The van der Waals surface area contributed by atoms with Crippen LogP contribution in [0.15, 0.2) is 43.8 Å². The summed E-state index contributed by atoms with van der Waals surface area (Å²) < 4.78 is 34.1. The van der Waals surface area contributed by atoms with E-state index in [2.05, 4.69) is 0 Å². The third-order valence-corrected chi connectivity index (χ3v) is 8.08. The fourth-order valence-corrected chi connectivity index (χ4v) is 5.85. The molecule has 29 heavy (non-hydrogen) atoms. The Bertz CT molecular complexity index is 1230. The highest BCUT2D eigenvalue weighted by molar-refractivity contribution is 7.89. The van der Waals surface area contributed by atoms with E-state index in [4.69, 9.17) is 4.42 Å². The summed E-state index contributed by atoms with van der Waals surface area (Å²) in [7, 11) is -3.75. The zero-order valence-corrected chi connectivity index (χ0v) is 17.8. The number of nitrogens with zero attached hydrogens (tertiary/aromatic N) is 3. The van der Waals surface area contributed by atoms with Crippen LogP contribution in [-0.2, 0) is 16.6 Å². The predicted octanol–water partition coefficient (Wildman–Crippen LogP) is 2.13. The first-order valence-corrected chi connectivity index (χ1v) is 11.6. The van der Waals surface area contributed by atoms with Crippen LogP contribution in [0.25, 0.3) is 11.1 Å². The fourth-order valence-electron chi connectivity index (χ4n) is 3.52. The van der Waals surface area contributed by atoms with E-state index in [1.165, 1.54) is 32.3 Å². The number of aryl methyl sites for hydroxylation is 2. The van der Waals surface area contributed by atoms with Crippen molar-refractivity contribution in [2.24, 2.45) is 0 Å². The Balaban J connectivity index is 1.53. The summed E-state index contributed by atoms with van der Waals surface area (Å²) in [5.41, 5.74) is 1.75. The maximum atomic E-state index is 13.0. The van der Waals surface area contributed by atoms with Gasteiger partial charge in [0.15, 0.2) is 5.58 Å². The van der Waals surface area contributed by atoms with Gasteiger partial charge in [-0.1, -0.05) is 0 Å². The highest BCUT2D eigenvalue weighted by atomic mass is 32.2. The number of hydrogen-bond donors (Lipinski definition) is 0. The molecule has 154 valence electrons. The minimum absolute atomic E-state index is 0.0568. The van der Waals surface area contributed by atoms with Crippen LogP contribution in [0.3, 0.4) is 0 Å². The van der Waals surface area contributed by atoms with Crippen LogP contribution in [0.5, 0.6) is 0 Å². The van der Waals surface area contributed by atoms with Gasteiger partial charge < -0.3 is 9.32 Å². The lowest BCUT2D eigenvalue weighted by molar-refractivity contribution is 0.0702. The molecule has 0 bridgehead atoms. The van der Waals surface area contributed by atoms with Gasteiger partial charge in [0, 0.05) is 38.8 Å². The SMILES string of the molecule is CCn1c(=O)oc2cc(S(=O)(=O)N3CCN(C(=O)c4sccc4C)CC3)ccc21. The van der Waals surface area contributed by atoms with Gasteiger partial charge in [-0.3, -0.25) is 9.36 Å². The monoisotopic (exact) mass is 435 g/mol. The predicted molar refractivity (Wildman–Crippen MR) is 110 cm³/mol. The van der Waals surface area contributed by atoms with Crippen molar-refractivity contribution in [2.45, 2.75) is 25.3 Å². The van der Waals surface area contributed by atoms with Gasteiger partial charge in [-0.05, 0) is 43.0 Å². The molecule has 3 heterocycles. The zero-order chi connectivity index (χ0) is 20.8. The number of oxazole rings is 1. The number of amides is 1. The van der Waals surface area contributed by atoms with Gasteiger partial charge in [-0.15, -0.1) is 11.3 Å². The number of rotatable bonds is 4. The molecule has 1 saturated heterocycles. The van der Waals surface area contributed by atoms with Gasteiger partial charge in [0.25, 0.3) is 5.91 Å². The molecule has 0 aliphatic carbocycles. The average molecular weight is 436 g/mol. The van der Waals surface area contributed by atoms with Crippen LogP contribution >= 0.6 is 11.3 Å². The summed E-state index contributed by atoms with van der Waals surface area (Å²) in [6.45, 7) is 5.26. The summed E-state index contributed by atoms with van der Waals surface area (Å²) >= 11 is 1.40. The number of carbonyl (C=O) groups is 1. The van der Waals surface area contributed by atoms with Crippen LogP contribution in [-0.4, -0.2) is 54.3 Å². The van der Waals surface area contributed by atoms with Crippen molar-refractivity contribution in [2.75, 3.05) is 26.2 Å². The molecule has 2 aromatic heterocycles. The molecule has 1 aliphatic rings. The van der Waals surface area contributed by atoms with Crippen LogP contribution in [0.1, 0.15) is 22.2 Å². The number of thiophene rings is 1. The molecule has 3 aromatic rings. The van der Waals surface area contributed by atoms with Crippen LogP contribution in [0.4, 0.5) is 0 Å². The molecule has 0 unspecified atom stereocenters. The van der Waals surface area contributed by atoms with E-state index in [0.29, 0.717) is 30.0 Å². The van der Waals surface area contributed by atoms with Crippen molar-refractivity contribution in [3.05, 3.63) is 50.6 Å². The van der Waals surface area contributed by atoms with Crippen LogP contribution in [0.2, 0.25) is 0 Å². The number of aromatic nitrogens is 1. The van der Waals surface area contributed by atoms with Crippen molar-refractivity contribution in [3.8, 4) is 0 Å². The minimum atomic E-state index is -3.75. The highest BCUT2D eigenvalue weighted by Crippen LogP contribution is 2.24. The van der Waals surface area contributed by atoms with E-state index in [0.717, 1.165) is 5.56 Å². The molecule has 1 fully saturated rings. The smallest absolute Gasteiger partial charge is 0.408 e. The maximum Gasteiger partial charge on any atom is 0.419 e. The molecule has 0 N–H and O–H groups in total. The first-order valence-electron chi connectivity index (χ1n) is 9.30. The lowest BCUT2D eigenvalue weighted by atomic mass is 10.2. The third kappa shape index (κ3) is 3.41. The summed E-state index contributed by atoms with van der Waals surface area (Å²) in [6.07, 6.45) is 0. The third-order valence-electron chi connectivity index (χ3n) is 5.18. The van der Waals surface area contributed by atoms with E-state index >= 15 is 0 Å². The van der Waals surface area contributed by atoms with Gasteiger partial charge in [-0.25, -0.2) is 13.2 Å². The first-order chi connectivity index (χ1) is 13.8. The second kappa shape index (κ2) is 7.43. The van der Waals surface area contributed by atoms with E-state index in [1.54, 1.807) is 11.0 Å². The van der Waals surface area contributed by atoms with Gasteiger partial charge in [0.05, 0.1) is 15.3 Å². The highest BCUT2D eigenvalue weighted by Gasteiger charge is 2.31. The van der Waals surface area contributed by atoms with E-state index in [1.807, 2.05) is 25.3 Å². The Kier molecular flexibility index (Phi) is 5.09. The Hall–Kier alpha value is -2.43. The molecule has 0 atom stereocenters. The molecule has 1 aliphatic heterocycles. The normalized spacial score (nSPS) is 15.9. The van der Waals surface area contributed by atoms with Crippen LogP contribution < -0.4 is 5.76 Å². The Morgan fingerprint density at radius 1 is 1.17 bits per heavy atom. The Morgan fingerprint density at radius 2 is 1.90 bits per heavy atom. The zero-order valence-electron chi connectivity index (χ0n) is 16.1. The van der Waals surface area contributed by atoms with Crippen molar-refractivity contribution < 1.29 is 17.6 Å². The molecule has 1 amide bonds. The van der Waals surface area contributed by atoms with Gasteiger partial charge in [0.1, 0.15) is 0 Å². The van der Waals surface area contributed by atoms with Crippen molar-refractivity contribution >= 4 is 38.4 Å². The summed E-state index contributed by atoms with van der Waals surface area (Å²) in [4.78, 5) is 27.0. The van der Waals surface area contributed by atoms with Crippen LogP contribution in [0, 0.1) is 6.92 Å². The quantitative estimate of drug-likeness (QED) is 0.626. The lowest BCUT2D eigenvalue weighted by Gasteiger charge is -2.33. The van der Waals surface area contributed by atoms with E-state index < -0.39 is 15.8 Å². The summed E-state index contributed by atoms with van der Waals surface area (Å²) in [5.74, 6) is -0.563. The number of sulfonamides is 1. The molecule has 0 saturated carbocycles. The van der Waals surface area contributed by atoms with E-state index in [-0.39, 0.29) is 29.5 Å². The van der Waals surface area contributed by atoms with Gasteiger partial charge in [-0.2, -0.15) is 4.31 Å². The molecule has 1 aromatic carbocycles. The van der Waals surface area contributed by atoms with Crippen molar-refractivity contribution in [3.63, 3.8) is 0 Å². The second-order valence-corrected chi connectivity index (χ2v) is 9.72. The number of carbonyl (C=O) groups excluding carboxylic acids is 1. The molecule has 4 rings (SSSR count). The second-order valence-electron chi connectivity index (χ2n) is 6.87. The Labute approximate surface area is 172 Å². The maximum absolute atomic E-state index is 13.0. The number of benzene rings is 1. The topological polar surface area (TPSA) is 92.8 Å². The Morgan fingerprint density at radius 3 is 2.52 bits per heavy atom. The number of hydrogen-bond acceptors (Lipinski definition) is 6. The summed E-state index contributed by atoms with van der Waals surface area (Å²) in [6, 6.07) is 6.38. The van der Waals surface area contributed by atoms with E-state index in [9.17, 15) is 18.0 Å². The average Bonchev–Trinajstić information content (AvgIpc) is 3.28. The fraction of sp³-hybridized carbons (Fsp3) is 0.368. The van der Waals surface area contributed by atoms with Crippen molar-refractivity contribution in [1.29, 1.82) is 0 Å². The van der Waals surface area contributed by atoms with Crippen molar-refractivity contribution in [1.82, 2.24) is 13.8 Å². The number of fused-ring (bicyclic) bond motifs is 1. The largest absolute Gasteiger partial charge is 0.419 e. The lowest BCUT2D eigenvalue weighted by Crippen LogP contribution is -2.50. The number of piperazine rings is 1. The standard InChI is InChI=1S/C19H21N3O5S2/c1-3-22-15-5-4-14(12-16(15)27-19(22)24)29(25,26)21-9-7-20(8-10-21)18(23)17-13(2)6-11-28-17/h4-6,11-12H,3,7-10H2,1-2H3. The molecular weight excluding hydrogens is 414 g/mol. The summed E-state index contributed by atoms with van der Waals surface area (Å²) in [5, 5.41) is 1.88.